The first-order chi connectivity index (χ1) is 12.3. The van der Waals surface area contributed by atoms with Crippen LogP contribution in [0.15, 0.2) is 76.0 Å². The average Bonchev–Trinajstić information content (AvgIpc) is 2.69. The maximum absolute atomic E-state index is 9.60. The van der Waals surface area contributed by atoms with Gasteiger partial charge in [-0.05, 0) is 17.3 Å². The van der Waals surface area contributed by atoms with Crippen LogP contribution >= 0.6 is 11.8 Å². The van der Waals surface area contributed by atoms with Crippen LogP contribution in [0.1, 0.15) is 11.1 Å². The summed E-state index contributed by atoms with van der Waals surface area (Å²) in [5, 5.41) is 31.7. The second-order valence-electron chi connectivity index (χ2n) is 5.01. The van der Waals surface area contributed by atoms with Gasteiger partial charge in [-0.2, -0.15) is 15.6 Å². The van der Waals surface area contributed by atoms with Gasteiger partial charge < -0.3 is 0 Å². The molecule has 0 saturated heterocycles. The van der Waals surface area contributed by atoms with E-state index >= 15 is 0 Å². The Kier molecular flexibility index (Phi) is 4.89. The molecule has 1 N–H and O–H groups in total. The molecule has 0 bridgehead atoms. The number of rotatable bonds is 3. The van der Waals surface area contributed by atoms with E-state index in [1.807, 2.05) is 48.5 Å². The lowest BCUT2D eigenvalue weighted by molar-refractivity contribution is 1.02. The Morgan fingerprint density at radius 3 is 2.24 bits per heavy atom. The Balaban J connectivity index is 1.85. The molecule has 6 nitrogen and oxygen atoms in total. The maximum Gasteiger partial charge on any atom is 0.240 e. The summed E-state index contributed by atoms with van der Waals surface area (Å²) in [6, 6.07) is 22.7. The van der Waals surface area contributed by atoms with Crippen molar-refractivity contribution in [3.8, 4) is 12.1 Å². The fraction of sp³-hybridized carbons (Fsp3) is 0.0556. The minimum absolute atomic E-state index is 0.287. The zero-order valence-corrected chi connectivity index (χ0v) is 13.8. The SMILES string of the molecule is N#CC1(C#N)SC(N/N=C/c2ccccc2)=NN=C1c1ccccc1. The molecule has 7 heteroatoms. The van der Waals surface area contributed by atoms with Crippen molar-refractivity contribution in [1.82, 2.24) is 5.43 Å². The summed E-state index contributed by atoms with van der Waals surface area (Å²) >= 11 is 0.989. The van der Waals surface area contributed by atoms with Gasteiger partial charge >= 0.3 is 0 Å². The molecule has 0 radical (unpaired) electrons. The summed E-state index contributed by atoms with van der Waals surface area (Å²) in [6.07, 6.45) is 1.62. The summed E-state index contributed by atoms with van der Waals surface area (Å²) in [6.45, 7) is 0. The Morgan fingerprint density at radius 1 is 0.960 bits per heavy atom. The van der Waals surface area contributed by atoms with Crippen LogP contribution in [0.5, 0.6) is 0 Å². The van der Waals surface area contributed by atoms with E-state index in [4.69, 9.17) is 0 Å². The summed E-state index contributed by atoms with van der Waals surface area (Å²) in [5.74, 6) is 0. The number of amidine groups is 1. The molecule has 1 aliphatic rings. The molecule has 0 saturated carbocycles. The number of nitriles is 2. The van der Waals surface area contributed by atoms with E-state index in [0.29, 0.717) is 11.3 Å². The number of nitrogens with one attached hydrogen (secondary N) is 1. The zero-order valence-electron chi connectivity index (χ0n) is 13.0. The molecule has 0 aliphatic carbocycles. The van der Waals surface area contributed by atoms with E-state index in [1.54, 1.807) is 18.3 Å². The van der Waals surface area contributed by atoms with Crippen molar-refractivity contribution in [2.24, 2.45) is 15.3 Å². The molecule has 2 aromatic carbocycles. The molecule has 0 unspecified atom stereocenters. The van der Waals surface area contributed by atoms with Crippen LogP contribution in [0.4, 0.5) is 0 Å². The van der Waals surface area contributed by atoms with Crippen molar-refractivity contribution in [3.05, 3.63) is 71.8 Å². The van der Waals surface area contributed by atoms with Gasteiger partial charge in [0.2, 0.25) is 9.91 Å². The molecule has 25 heavy (non-hydrogen) atoms. The third kappa shape index (κ3) is 3.57. The van der Waals surface area contributed by atoms with Gasteiger partial charge in [0.1, 0.15) is 17.9 Å². The molecule has 1 aliphatic heterocycles. The van der Waals surface area contributed by atoms with E-state index in [1.165, 1.54) is 0 Å². The van der Waals surface area contributed by atoms with Crippen LogP contribution in [0.2, 0.25) is 0 Å². The number of hydrogen-bond acceptors (Lipinski definition) is 7. The van der Waals surface area contributed by atoms with E-state index in [0.717, 1.165) is 17.3 Å². The Hall–Kier alpha value is -3.42. The quantitative estimate of drug-likeness (QED) is 0.684. The molecule has 1 heterocycles. The second kappa shape index (κ2) is 7.43. The largest absolute Gasteiger partial charge is 0.254 e. The fourth-order valence-corrected chi connectivity index (χ4v) is 2.98. The first-order valence-electron chi connectivity index (χ1n) is 7.34. The normalized spacial score (nSPS) is 15.6. The van der Waals surface area contributed by atoms with Crippen LogP contribution in [0, 0.1) is 22.7 Å². The lowest BCUT2D eigenvalue weighted by Crippen LogP contribution is -2.38. The van der Waals surface area contributed by atoms with Crippen molar-refractivity contribution >= 4 is 28.9 Å². The number of thioether (sulfide) groups is 1. The summed E-state index contributed by atoms with van der Waals surface area (Å²) < 4.78 is -1.48. The lowest BCUT2D eigenvalue weighted by atomic mass is 9.98. The highest BCUT2D eigenvalue weighted by atomic mass is 32.2. The number of nitrogens with zero attached hydrogens (tertiary/aromatic N) is 5. The lowest BCUT2D eigenvalue weighted by Gasteiger charge is -2.23. The molecule has 0 spiro atoms. The van der Waals surface area contributed by atoms with E-state index in [-0.39, 0.29) is 5.17 Å². The summed E-state index contributed by atoms with van der Waals surface area (Å²) in [7, 11) is 0. The van der Waals surface area contributed by atoms with Gasteiger partial charge in [-0.25, -0.2) is 0 Å². The summed E-state index contributed by atoms with van der Waals surface area (Å²) in [4.78, 5) is 0. The van der Waals surface area contributed by atoms with Crippen molar-refractivity contribution in [2.45, 2.75) is 4.75 Å². The van der Waals surface area contributed by atoms with Crippen molar-refractivity contribution in [1.29, 1.82) is 10.5 Å². The highest BCUT2D eigenvalue weighted by Gasteiger charge is 2.42. The maximum atomic E-state index is 9.60. The van der Waals surface area contributed by atoms with Gasteiger partial charge in [0, 0.05) is 5.56 Å². The van der Waals surface area contributed by atoms with Gasteiger partial charge in [0.15, 0.2) is 0 Å². The van der Waals surface area contributed by atoms with Gasteiger partial charge in [-0.1, -0.05) is 60.7 Å². The van der Waals surface area contributed by atoms with Crippen LogP contribution in [0.3, 0.4) is 0 Å². The predicted octanol–water partition coefficient (Wildman–Crippen LogP) is 2.90. The number of benzene rings is 2. The minimum atomic E-state index is -1.48. The second-order valence-corrected chi connectivity index (χ2v) is 6.21. The Labute approximate surface area is 149 Å². The molecule has 0 atom stereocenters. The van der Waals surface area contributed by atoms with Crippen molar-refractivity contribution < 1.29 is 0 Å². The molecular weight excluding hydrogens is 332 g/mol. The smallest absolute Gasteiger partial charge is 0.240 e. The highest BCUT2D eigenvalue weighted by molar-refractivity contribution is 8.16. The Bertz CT molecular complexity index is 906. The van der Waals surface area contributed by atoms with Gasteiger partial charge in [0.05, 0.1) is 6.21 Å². The van der Waals surface area contributed by atoms with E-state index < -0.39 is 4.75 Å². The average molecular weight is 344 g/mol. The molecule has 120 valence electrons. The standard InChI is InChI=1S/C18H12N6S/c19-12-18(13-20)16(15-9-5-2-6-10-15)22-24-17(25-18)23-21-11-14-7-3-1-4-8-14/h1-11H,(H,23,24)/b21-11+. The van der Waals surface area contributed by atoms with Crippen molar-refractivity contribution in [3.63, 3.8) is 0 Å². The highest BCUT2D eigenvalue weighted by Crippen LogP contribution is 2.33. The monoisotopic (exact) mass is 344 g/mol. The van der Waals surface area contributed by atoms with E-state index in [9.17, 15) is 10.5 Å². The van der Waals surface area contributed by atoms with Crippen molar-refractivity contribution in [2.75, 3.05) is 0 Å². The molecule has 0 amide bonds. The van der Waals surface area contributed by atoms with Gasteiger partial charge in [-0.3, -0.25) is 5.43 Å². The first-order valence-corrected chi connectivity index (χ1v) is 8.16. The van der Waals surface area contributed by atoms with Crippen LogP contribution in [0.25, 0.3) is 0 Å². The predicted molar refractivity (Wildman–Crippen MR) is 99.1 cm³/mol. The number of hydrogen-bond donors (Lipinski definition) is 1. The topological polar surface area (TPSA) is 96.7 Å². The Morgan fingerprint density at radius 2 is 1.60 bits per heavy atom. The summed E-state index contributed by atoms with van der Waals surface area (Å²) in [5.41, 5.74) is 4.66. The minimum Gasteiger partial charge on any atom is -0.254 e. The molecular formula is C18H12N6S. The third-order valence-corrected chi connectivity index (χ3v) is 4.41. The molecule has 0 fully saturated rings. The van der Waals surface area contributed by atoms with Crippen LogP contribution < -0.4 is 5.43 Å². The fourth-order valence-electron chi connectivity index (χ4n) is 2.16. The van der Waals surface area contributed by atoms with Gasteiger partial charge in [-0.15, -0.1) is 10.2 Å². The number of hydrazone groups is 1. The van der Waals surface area contributed by atoms with Crippen LogP contribution in [-0.4, -0.2) is 21.8 Å². The molecule has 3 rings (SSSR count). The molecule has 0 aromatic heterocycles. The zero-order chi connectivity index (χ0) is 17.5. The molecule has 2 aromatic rings. The first kappa shape index (κ1) is 16.4. The van der Waals surface area contributed by atoms with E-state index in [2.05, 4.69) is 32.9 Å². The van der Waals surface area contributed by atoms with Crippen LogP contribution in [-0.2, 0) is 0 Å². The van der Waals surface area contributed by atoms with Gasteiger partial charge in [0.25, 0.3) is 0 Å². The third-order valence-electron chi connectivity index (χ3n) is 3.36.